The van der Waals surface area contributed by atoms with Crippen molar-refractivity contribution < 1.29 is 9.18 Å². The number of pyridine rings is 1. The van der Waals surface area contributed by atoms with Crippen LogP contribution in [-0.4, -0.2) is 11.3 Å². The molecule has 2 nitrogen and oxygen atoms in total. The average Bonchev–Trinajstić information content (AvgIpc) is 2.31. The Morgan fingerprint density at radius 2 is 1.80 bits per heavy atom. The Morgan fingerprint density at radius 1 is 1.07 bits per heavy atom. The van der Waals surface area contributed by atoms with E-state index in [1.165, 1.54) is 12.1 Å². The summed E-state index contributed by atoms with van der Waals surface area (Å²) in [4.78, 5) is 14.4. The number of aldehydes is 1. The van der Waals surface area contributed by atoms with Gasteiger partial charge in [0, 0.05) is 5.56 Å². The molecule has 0 radical (unpaired) electrons. The molecule has 1 aromatic heterocycles. The van der Waals surface area contributed by atoms with Gasteiger partial charge in [-0.3, -0.25) is 4.79 Å². The van der Waals surface area contributed by atoms with Gasteiger partial charge in [-0.1, -0.05) is 30.3 Å². The lowest BCUT2D eigenvalue weighted by molar-refractivity contribution is 0.111. The molecule has 2 aromatic rings. The van der Waals surface area contributed by atoms with Crippen LogP contribution >= 0.6 is 0 Å². The first-order chi connectivity index (χ1) is 7.31. The van der Waals surface area contributed by atoms with Gasteiger partial charge in [-0.2, -0.15) is 0 Å². The van der Waals surface area contributed by atoms with E-state index in [2.05, 4.69) is 4.98 Å². The summed E-state index contributed by atoms with van der Waals surface area (Å²) in [6, 6.07) is 11.5. The maximum absolute atomic E-state index is 13.4. The molecule has 0 N–H and O–H groups in total. The summed E-state index contributed by atoms with van der Waals surface area (Å²) >= 11 is 0. The van der Waals surface area contributed by atoms with E-state index in [4.69, 9.17) is 0 Å². The van der Waals surface area contributed by atoms with Crippen LogP contribution < -0.4 is 0 Å². The molecule has 1 heterocycles. The number of benzene rings is 1. The Labute approximate surface area is 86.4 Å². The smallest absolute Gasteiger partial charge is 0.168 e. The van der Waals surface area contributed by atoms with Crippen LogP contribution in [0.3, 0.4) is 0 Å². The minimum Gasteiger partial charge on any atom is -0.296 e. The third-order valence-electron chi connectivity index (χ3n) is 2.04. The third-order valence-corrected chi connectivity index (χ3v) is 2.04. The molecule has 0 aliphatic heterocycles. The van der Waals surface area contributed by atoms with Crippen LogP contribution in [-0.2, 0) is 0 Å². The number of aromatic nitrogens is 1. The van der Waals surface area contributed by atoms with Gasteiger partial charge >= 0.3 is 0 Å². The van der Waals surface area contributed by atoms with Crippen LogP contribution in [0, 0.1) is 5.82 Å². The maximum Gasteiger partial charge on any atom is 0.168 e. The largest absolute Gasteiger partial charge is 0.296 e. The summed E-state index contributed by atoms with van der Waals surface area (Å²) in [5, 5.41) is 0. The molecule has 0 atom stereocenters. The fourth-order valence-electron chi connectivity index (χ4n) is 1.32. The fraction of sp³-hybridized carbons (Fsp3) is 0. The molecular formula is C12H8FNO. The van der Waals surface area contributed by atoms with Gasteiger partial charge in [0.1, 0.15) is 17.2 Å². The van der Waals surface area contributed by atoms with Crippen molar-refractivity contribution in [2.24, 2.45) is 0 Å². The van der Waals surface area contributed by atoms with Gasteiger partial charge in [-0.05, 0) is 12.1 Å². The first-order valence-corrected chi connectivity index (χ1v) is 4.48. The average molecular weight is 201 g/mol. The summed E-state index contributed by atoms with van der Waals surface area (Å²) in [5.74, 6) is -0.424. The molecule has 0 spiro atoms. The molecule has 0 aliphatic rings. The van der Waals surface area contributed by atoms with E-state index in [0.29, 0.717) is 11.8 Å². The molecule has 0 saturated carbocycles. The third kappa shape index (κ3) is 1.91. The zero-order valence-electron chi connectivity index (χ0n) is 7.85. The van der Waals surface area contributed by atoms with Crippen LogP contribution in [0.2, 0.25) is 0 Å². The van der Waals surface area contributed by atoms with E-state index in [9.17, 15) is 9.18 Å². The fourth-order valence-corrected chi connectivity index (χ4v) is 1.32. The number of hydrogen-bond donors (Lipinski definition) is 0. The molecule has 0 amide bonds. The first-order valence-electron chi connectivity index (χ1n) is 4.48. The van der Waals surface area contributed by atoms with Gasteiger partial charge in [-0.15, -0.1) is 0 Å². The van der Waals surface area contributed by atoms with Crippen molar-refractivity contribution >= 4 is 6.29 Å². The SMILES string of the molecule is O=Cc1ccc(F)c(-c2ccccc2)n1. The second-order valence-electron chi connectivity index (χ2n) is 3.05. The van der Waals surface area contributed by atoms with Crippen LogP contribution in [0.4, 0.5) is 4.39 Å². The summed E-state index contributed by atoms with van der Waals surface area (Å²) in [6.07, 6.45) is 0.603. The predicted octanol–water partition coefficient (Wildman–Crippen LogP) is 2.70. The highest BCUT2D eigenvalue weighted by molar-refractivity contribution is 5.73. The molecule has 0 unspecified atom stereocenters. The van der Waals surface area contributed by atoms with Crippen molar-refractivity contribution in [2.45, 2.75) is 0 Å². The normalized spacial score (nSPS) is 9.93. The number of hydrogen-bond acceptors (Lipinski definition) is 2. The summed E-state index contributed by atoms with van der Waals surface area (Å²) in [5.41, 5.74) is 1.11. The van der Waals surface area contributed by atoms with E-state index in [-0.39, 0.29) is 11.4 Å². The molecular weight excluding hydrogens is 193 g/mol. The zero-order valence-corrected chi connectivity index (χ0v) is 7.85. The van der Waals surface area contributed by atoms with E-state index in [0.717, 1.165) is 0 Å². The Kier molecular flexibility index (Phi) is 2.54. The zero-order chi connectivity index (χ0) is 10.7. The molecule has 2 rings (SSSR count). The molecule has 0 saturated heterocycles. The lowest BCUT2D eigenvalue weighted by Crippen LogP contribution is -1.93. The van der Waals surface area contributed by atoms with Gasteiger partial charge in [0.05, 0.1) is 0 Å². The van der Waals surface area contributed by atoms with Gasteiger partial charge in [0.2, 0.25) is 0 Å². The van der Waals surface area contributed by atoms with E-state index in [1.54, 1.807) is 24.3 Å². The van der Waals surface area contributed by atoms with Crippen molar-refractivity contribution in [3.63, 3.8) is 0 Å². The van der Waals surface area contributed by atoms with Crippen molar-refractivity contribution in [3.8, 4) is 11.3 Å². The number of rotatable bonds is 2. The van der Waals surface area contributed by atoms with E-state index >= 15 is 0 Å². The Hall–Kier alpha value is -2.03. The highest BCUT2D eigenvalue weighted by Gasteiger charge is 2.06. The van der Waals surface area contributed by atoms with Crippen LogP contribution in [0.25, 0.3) is 11.3 Å². The lowest BCUT2D eigenvalue weighted by atomic mass is 10.1. The maximum atomic E-state index is 13.4. The molecule has 0 aliphatic carbocycles. The van der Waals surface area contributed by atoms with Gasteiger partial charge in [0.15, 0.2) is 6.29 Å². The Morgan fingerprint density at radius 3 is 2.47 bits per heavy atom. The second kappa shape index (κ2) is 4.00. The Bertz CT molecular complexity index is 482. The van der Waals surface area contributed by atoms with Crippen molar-refractivity contribution in [2.75, 3.05) is 0 Å². The van der Waals surface area contributed by atoms with Gasteiger partial charge < -0.3 is 0 Å². The monoisotopic (exact) mass is 201 g/mol. The van der Waals surface area contributed by atoms with Crippen molar-refractivity contribution in [1.82, 2.24) is 4.98 Å². The molecule has 74 valence electrons. The number of carbonyl (C=O) groups excluding carboxylic acids is 1. The number of nitrogens with zero attached hydrogens (tertiary/aromatic N) is 1. The molecule has 15 heavy (non-hydrogen) atoms. The topological polar surface area (TPSA) is 30.0 Å². The van der Waals surface area contributed by atoms with Crippen LogP contribution in [0.5, 0.6) is 0 Å². The van der Waals surface area contributed by atoms with E-state index in [1.807, 2.05) is 6.07 Å². The van der Waals surface area contributed by atoms with Gasteiger partial charge in [-0.25, -0.2) is 9.37 Å². The summed E-state index contributed by atoms with van der Waals surface area (Å²) in [6.45, 7) is 0. The highest BCUT2D eigenvalue weighted by atomic mass is 19.1. The van der Waals surface area contributed by atoms with Crippen molar-refractivity contribution in [3.05, 3.63) is 54.0 Å². The number of halogens is 1. The molecule has 0 bridgehead atoms. The second-order valence-corrected chi connectivity index (χ2v) is 3.05. The summed E-state index contributed by atoms with van der Waals surface area (Å²) in [7, 11) is 0. The Balaban J connectivity index is 2.57. The van der Waals surface area contributed by atoms with Crippen LogP contribution in [0.15, 0.2) is 42.5 Å². The number of carbonyl (C=O) groups is 1. The molecule has 3 heteroatoms. The van der Waals surface area contributed by atoms with E-state index < -0.39 is 5.82 Å². The minimum atomic E-state index is -0.424. The summed E-state index contributed by atoms with van der Waals surface area (Å²) < 4.78 is 13.4. The molecule has 1 aromatic carbocycles. The highest BCUT2D eigenvalue weighted by Crippen LogP contribution is 2.19. The van der Waals surface area contributed by atoms with Crippen LogP contribution in [0.1, 0.15) is 10.5 Å². The predicted molar refractivity (Wildman–Crippen MR) is 55.0 cm³/mol. The lowest BCUT2D eigenvalue weighted by Gasteiger charge is -2.02. The first kappa shape index (κ1) is 9.52. The van der Waals surface area contributed by atoms with Gasteiger partial charge in [0.25, 0.3) is 0 Å². The molecule has 0 fully saturated rings. The quantitative estimate of drug-likeness (QED) is 0.699. The minimum absolute atomic E-state index is 0.209. The van der Waals surface area contributed by atoms with Crippen molar-refractivity contribution in [1.29, 1.82) is 0 Å². The standard InChI is InChI=1S/C12H8FNO/c13-11-7-6-10(8-15)14-12(11)9-4-2-1-3-5-9/h1-8H.